The molecule has 0 radical (unpaired) electrons. The SMILES string of the molecule is CCOC(=O)c1cc(-c2ccccc2)n(-c2cccc(C(=O)NCc3ccccc3)c2)c1C. The third-order valence-corrected chi connectivity index (χ3v) is 5.47. The second-order valence-electron chi connectivity index (χ2n) is 7.67. The van der Waals surface area contributed by atoms with Crippen LogP contribution in [0.2, 0.25) is 0 Å². The van der Waals surface area contributed by atoms with Gasteiger partial charge < -0.3 is 14.6 Å². The molecule has 3 aromatic carbocycles. The van der Waals surface area contributed by atoms with Crippen molar-refractivity contribution in [1.29, 1.82) is 0 Å². The van der Waals surface area contributed by atoms with Gasteiger partial charge in [0, 0.05) is 23.5 Å². The summed E-state index contributed by atoms with van der Waals surface area (Å²) < 4.78 is 7.26. The van der Waals surface area contributed by atoms with Gasteiger partial charge in [0.1, 0.15) is 0 Å². The normalized spacial score (nSPS) is 10.6. The summed E-state index contributed by atoms with van der Waals surface area (Å²) in [6.07, 6.45) is 0. The Bertz CT molecular complexity index is 1260. The molecule has 4 aromatic rings. The average molecular weight is 439 g/mol. The highest BCUT2D eigenvalue weighted by Crippen LogP contribution is 2.30. The molecule has 0 aliphatic heterocycles. The summed E-state index contributed by atoms with van der Waals surface area (Å²) in [6.45, 7) is 4.44. The van der Waals surface area contributed by atoms with E-state index in [0.29, 0.717) is 24.3 Å². The maximum atomic E-state index is 12.8. The molecule has 1 N–H and O–H groups in total. The van der Waals surface area contributed by atoms with Crippen molar-refractivity contribution in [1.82, 2.24) is 9.88 Å². The number of nitrogens with one attached hydrogen (secondary N) is 1. The summed E-state index contributed by atoms with van der Waals surface area (Å²) >= 11 is 0. The lowest BCUT2D eigenvalue weighted by Crippen LogP contribution is -2.22. The van der Waals surface area contributed by atoms with Gasteiger partial charge in [-0.25, -0.2) is 4.79 Å². The van der Waals surface area contributed by atoms with E-state index in [-0.39, 0.29) is 11.9 Å². The van der Waals surface area contributed by atoms with Crippen LogP contribution in [0.3, 0.4) is 0 Å². The van der Waals surface area contributed by atoms with Crippen LogP contribution in [-0.4, -0.2) is 23.1 Å². The number of ether oxygens (including phenoxy) is 1. The molecule has 0 saturated heterocycles. The Hall–Kier alpha value is -4.12. The van der Waals surface area contributed by atoms with Crippen molar-refractivity contribution in [2.45, 2.75) is 20.4 Å². The molecule has 0 atom stereocenters. The first-order valence-corrected chi connectivity index (χ1v) is 11.0. The Morgan fingerprint density at radius 3 is 2.27 bits per heavy atom. The lowest BCUT2D eigenvalue weighted by Gasteiger charge is -2.14. The van der Waals surface area contributed by atoms with Crippen LogP contribution < -0.4 is 5.32 Å². The molecule has 0 unspecified atom stereocenters. The number of aromatic nitrogens is 1. The topological polar surface area (TPSA) is 60.3 Å². The largest absolute Gasteiger partial charge is 0.462 e. The molecule has 5 heteroatoms. The van der Waals surface area contributed by atoms with E-state index in [2.05, 4.69) is 5.32 Å². The molecule has 0 spiro atoms. The number of amides is 1. The predicted molar refractivity (Wildman–Crippen MR) is 130 cm³/mol. The van der Waals surface area contributed by atoms with E-state index in [1.165, 1.54) is 0 Å². The lowest BCUT2D eigenvalue weighted by molar-refractivity contribution is 0.0525. The zero-order valence-electron chi connectivity index (χ0n) is 18.7. The minimum atomic E-state index is -0.359. The van der Waals surface area contributed by atoms with Gasteiger partial charge in [-0.1, -0.05) is 66.7 Å². The Morgan fingerprint density at radius 2 is 1.58 bits per heavy atom. The van der Waals surface area contributed by atoms with Crippen molar-refractivity contribution in [2.24, 2.45) is 0 Å². The van der Waals surface area contributed by atoms with Crippen LogP contribution in [0.4, 0.5) is 0 Å². The van der Waals surface area contributed by atoms with Crippen LogP contribution in [0.1, 0.15) is 38.9 Å². The molecule has 0 aliphatic rings. The van der Waals surface area contributed by atoms with Crippen molar-refractivity contribution in [2.75, 3.05) is 6.61 Å². The fourth-order valence-electron chi connectivity index (χ4n) is 3.84. The third kappa shape index (κ3) is 4.88. The van der Waals surface area contributed by atoms with Gasteiger partial charge >= 0.3 is 5.97 Å². The Balaban J connectivity index is 1.71. The number of nitrogens with zero attached hydrogens (tertiary/aromatic N) is 1. The fraction of sp³-hybridized carbons (Fsp3) is 0.143. The molecule has 0 bridgehead atoms. The standard InChI is InChI=1S/C28H26N2O3/c1-3-33-28(32)25-18-26(22-13-8-5-9-14-22)30(20(25)2)24-16-10-15-23(17-24)27(31)29-19-21-11-6-4-7-12-21/h4-18H,3,19H2,1-2H3,(H,29,31). The predicted octanol–water partition coefficient (Wildman–Crippen LogP) is 5.56. The Labute approximate surface area is 193 Å². The summed E-state index contributed by atoms with van der Waals surface area (Å²) in [6, 6.07) is 28.9. The van der Waals surface area contributed by atoms with E-state index in [1.54, 1.807) is 13.0 Å². The molecule has 5 nitrogen and oxygen atoms in total. The van der Waals surface area contributed by atoms with E-state index >= 15 is 0 Å². The fourth-order valence-corrected chi connectivity index (χ4v) is 3.84. The first-order valence-electron chi connectivity index (χ1n) is 11.0. The number of esters is 1. The number of benzene rings is 3. The van der Waals surface area contributed by atoms with Crippen molar-refractivity contribution in [3.05, 3.63) is 113 Å². The van der Waals surface area contributed by atoms with Crippen LogP contribution in [0, 0.1) is 6.92 Å². The van der Waals surface area contributed by atoms with Gasteiger partial charge in [-0.05, 0) is 49.2 Å². The molecule has 0 saturated carbocycles. The minimum absolute atomic E-state index is 0.155. The highest BCUT2D eigenvalue weighted by molar-refractivity contribution is 5.95. The van der Waals surface area contributed by atoms with Crippen LogP contribution in [0.5, 0.6) is 0 Å². The zero-order valence-corrected chi connectivity index (χ0v) is 18.7. The lowest BCUT2D eigenvalue weighted by atomic mass is 10.1. The number of carbonyl (C=O) groups is 2. The van der Waals surface area contributed by atoms with Gasteiger partial charge in [0.25, 0.3) is 5.91 Å². The van der Waals surface area contributed by atoms with Crippen LogP contribution in [-0.2, 0) is 11.3 Å². The number of carbonyl (C=O) groups excluding carboxylic acids is 2. The van der Waals surface area contributed by atoms with Crippen molar-refractivity contribution in [3.8, 4) is 16.9 Å². The summed E-state index contributed by atoms with van der Waals surface area (Å²) in [7, 11) is 0. The van der Waals surface area contributed by atoms with E-state index < -0.39 is 0 Å². The smallest absolute Gasteiger partial charge is 0.339 e. The number of hydrogen-bond donors (Lipinski definition) is 1. The molecule has 4 rings (SSSR count). The van der Waals surface area contributed by atoms with Crippen LogP contribution in [0.25, 0.3) is 16.9 Å². The van der Waals surface area contributed by atoms with Gasteiger partial charge in [-0.2, -0.15) is 0 Å². The molecule has 166 valence electrons. The quantitative estimate of drug-likeness (QED) is 0.384. The Morgan fingerprint density at radius 1 is 0.879 bits per heavy atom. The van der Waals surface area contributed by atoms with E-state index in [1.807, 2.05) is 96.4 Å². The first-order chi connectivity index (χ1) is 16.1. The van der Waals surface area contributed by atoms with E-state index in [0.717, 1.165) is 28.2 Å². The second-order valence-corrected chi connectivity index (χ2v) is 7.67. The molecule has 0 fully saturated rings. The van der Waals surface area contributed by atoms with E-state index in [4.69, 9.17) is 4.74 Å². The number of rotatable bonds is 7. The molecular weight excluding hydrogens is 412 g/mol. The highest BCUT2D eigenvalue weighted by atomic mass is 16.5. The minimum Gasteiger partial charge on any atom is -0.462 e. The summed E-state index contributed by atoms with van der Waals surface area (Å²) in [5.41, 5.74) is 5.48. The summed E-state index contributed by atoms with van der Waals surface area (Å²) in [5.74, 6) is -0.514. The van der Waals surface area contributed by atoms with Crippen molar-refractivity contribution < 1.29 is 14.3 Å². The molecule has 1 amide bonds. The van der Waals surface area contributed by atoms with Crippen molar-refractivity contribution in [3.63, 3.8) is 0 Å². The summed E-state index contributed by atoms with van der Waals surface area (Å²) in [4.78, 5) is 25.4. The maximum absolute atomic E-state index is 12.8. The second kappa shape index (κ2) is 10.0. The highest BCUT2D eigenvalue weighted by Gasteiger charge is 2.21. The third-order valence-electron chi connectivity index (χ3n) is 5.47. The first kappa shape index (κ1) is 22.1. The number of hydrogen-bond acceptors (Lipinski definition) is 3. The average Bonchev–Trinajstić information content (AvgIpc) is 3.21. The van der Waals surface area contributed by atoms with Crippen molar-refractivity contribution >= 4 is 11.9 Å². The van der Waals surface area contributed by atoms with Gasteiger partial charge in [-0.15, -0.1) is 0 Å². The van der Waals surface area contributed by atoms with Gasteiger partial charge in [0.05, 0.1) is 17.9 Å². The Kier molecular flexibility index (Phi) is 6.69. The van der Waals surface area contributed by atoms with Gasteiger partial charge in [-0.3, -0.25) is 4.79 Å². The maximum Gasteiger partial charge on any atom is 0.339 e. The van der Waals surface area contributed by atoms with Crippen LogP contribution in [0.15, 0.2) is 91.0 Å². The van der Waals surface area contributed by atoms with E-state index in [9.17, 15) is 9.59 Å². The molecule has 1 heterocycles. The zero-order chi connectivity index (χ0) is 23.2. The van der Waals surface area contributed by atoms with Gasteiger partial charge in [0.2, 0.25) is 0 Å². The monoisotopic (exact) mass is 438 g/mol. The summed E-state index contributed by atoms with van der Waals surface area (Å²) in [5, 5.41) is 2.97. The van der Waals surface area contributed by atoms with Crippen LogP contribution >= 0.6 is 0 Å². The molecule has 33 heavy (non-hydrogen) atoms. The molecule has 1 aromatic heterocycles. The molecular formula is C28H26N2O3. The molecule has 0 aliphatic carbocycles. The van der Waals surface area contributed by atoms with Gasteiger partial charge in [0.15, 0.2) is 0 Å².